The monoisotopic (exact) mass is 344 g/mol. The predicted molar refractivity (Wildman–Crippen MR) is 93.8 cm³/mol. The molecule has 2 N–H and O–H groups in total. The van der Waals surface area contributed by atoms with Crippen molar-refractivity contribution in [1.29, 1.82) is 0 Å². The van der Waals surface area contributed by atoms with E-state index in [1.165, 1.54) is 6.33 Å². The molecule has 24 heavy (non-hydrogen) atoms. The lowest BCUT2D eigenvalue weighted by Gasteiger charge is -2.34. The SMILES string of the molecule is NC(Cc1cccc(Cl)c1)C1CCN(C(=O)c2cncnc2)CC1. The number of likely N-dealkylation sites (tertiary alicyclic amines) is 1. The van der Waals surface area contributed by atoms with E-state index in [9.17, 15) is 4.79 Å². The maximum atomic E-state index is 12.4. The van der Waals surface area contributed by atoms with Crippen molar-refractivity contribution in [3.05, 3.63) is 59.1 Å². The van der Waals surface area contributed by atoms with E-state index in [0.717, 1.165) is 42.9 Å². The number of hydrogen-bond donors (Lipinski definition) is 1. The van der Waals surface area contributed by atoms with E-state index < -0.39 is 0 Å². The van der Waals surface area contributed by atoms with Crippen LogP contribution in [0.25, 0.3) is 0 Å². The van der Waals surface area contributed by atoms with Crippen LogP contribution in [0.15, 0.2) is 43.0 Å². The number of rotatable bonds is 4. The van der Waals surface area contributed by atoms with Crippen LogP contribution < -0.4 is 5.73 Å². The maximum Gasteiger partial charge on any atom is 0.256 e. The second-order valence-electron chi connectivity index (χ2n) is 6.25. The van der Waals surface area contributed by atoms with Crippen LogP contribution >= 0.6 is 11.6 Å². The van der Waals surface area contributed by atoms with Crippen molar-refractivity contribution in [1.82, 2.24) is 14.9 Å². The molecule has 1 atom stereocenters. The number of carbonyl (C=O) groups excluding carboxylic acids is 1. The van der Waals surface area contributed by atoms with Gasteiger partial charge in [-0.05, 0) is 42.9 Å². The Bertz CT molecular complexity index is 686. The van der Waals surface area contributed by atoms with E-state index in [1.807, 2.05) is 23.1 Å². The van der Waals surface area contributed by atoms with E-state index in [2.05, 4.69) is 16.0 Å². The van der Waals surface area contributed by atoms with E-state index in [-0.39, 0.29) is 11.9 Å². The lowest BCUT2D eigenvalue weighted by molar-refractivity contribution is 0.0677. The summed E-state index contributed by atoms with van der Waals surface area (Å²) in [5.74, 6) is 0.414. The van der Waals surface area contributed by atoms with Gasteiger partial charge in [0.2, 0.25) is 0 Å². The minimum atomic E-state index is -0.00235. The highest BCUT2D eigenvalue weighted by atomic mass is 35.5. The summed E-state index contributed by atoms with van der Waals surface area (Å²) in [5, 5.41) is 0.741. The molecule has 3 rings (SSSR count). The third-order valence-corrected chi connectivity index (χ3v) is 4.84. The summed E-state index contributed by atoms with van der Waals surface area (Å²) in [6, 6.07) is 7.93. The molecule has 0 spiro atoms. The molecule has 2 aromatic rings. The highest BCUT2D eigenvalue weighted by Gasteiger charge is 2.27. The van der Waals surface area contributed by atoms with Crippen LogP contribution in [0.5, 0.6) is 0 Å². The van der Waals surface area contributed by atoms with Crippen LogP contribution in [0.4, 0.5) is 0 Å². The Hall–Kier alpha value is -1.98. The van der Waals surface area contributed by atoms with E-state index >= 15 is 0 Å². The molecule has 0 bridgehead atoms. The average molecular weight is 345 g/mol. The molecule has 0 aliphatic carbocycles. The number of amides is 1. The van der Waals surface area contributed by atoms with Crippen molar-refractivity contribution in [2.24, 2.45) is 11.7 Å². The van der Waals surface area contributed by atoms with Gasteiger partial charge in [-0.2, -0.15) is 0 Å². The number of benzene rings is 1. The average Bonchev–Trinajstić information content (AvgIpc) is 2.62. The Morgan fingerprint density at radius 3 is 2.67 bits per heavy atom. The molecule has 1 fully saturated rings. The Kier molecular flexibility index (Phi) is 5.43. The van der Waals surface area contributed by atoms with Crippen LogP contribution in [-0.2, 0) is 6.42 Å². The smallest absolute Gasteiger partial charge is 0.256 e. The number of nitrogens with zero attached hydrogens (tertiary/aromatic N) is 3. The molecule has 5 nitrogen and oxygen atoms in total. The first kappa shape index (κ1) is 16.9. The van der Waals surface area contributed by atoms with Crippen molar-refractivity contribution in [3.63, 3.8) is 0 Å². The minimum absolute atomic E-state index is 0.00235. The Morgan fingerprint density at radius 2 is 2.00 bits per heavy atom. The molecule has 2 heterocycles. The second kappa shape index (κ2) is 7.73. The maximum absolute atomic E-state index is 12.4. The van der Waals surface area contributed by atoms with Crippen LogP contribution in [0.2, 0.25) is 5.02 Å². The molecular formula is C18H21ClN4O. The number of hydrogen-bond acceptors (Lipinski definition) is 4. The molecular weight excluding hydrogens is 324 g/mol. The van der Waals surface area contributed by atoms with E-state index in [0.29, 0.717) is 11.5 Å². The first-order valence-electron chi connectivity index (χ1n) is 8.18. The zero-order valence-electron chi connectivity index (χ0n) is 13.4. The van der Waals surface area contributed by atoms with Gasteiger partial charge in [0.15, 0.2) is 0 Å². The van der Waals surface area contributed by atoms with Crippen molar-refractivity contribution in [3.8, 4) is 0 Å². The molecule has 6 heteroatoms. The quantitative estimate of drug-likeness (QED) is 0.925. The van der Waals surface area contributed by atoms with Gasteiger partial charge in [-0.1, -0.05) is 23.7 Å². The fourth-order valence-corrected chi connectivity index (χ4v) is 3.44. The summed E-state index contributed by atoms with van der Waals surface area (Å²) in [6.45, 7) is 1.45. The van der Waals surface area contributed by atoms with Crippen molar-refractivity contribution in [2.75, 3.05) is 13.1 Å². The third kappa shape index (κ3) is 4.10. The van der Waals surface area contributed by atoms with Gasteiger partial charge < -0.3 is 10.6 Å². The zero-order valence-corrected chi connectivity index (χ0v) is 14.2. The number of carbonyl (C=O) groups is 1. The number of nitrogens with two attached hydrogens (primary N) is 1. The van der Waals surface area contributed by atoms with E-state index in [1.54, 1.807) is 12.4 Å². The van der Waals surface area contributed by atoms with E-state index in [4.69, 9.17) is 17.3 Å². The third-order valence-electron chi connectivity index (χ3n) is 4.60. The zero-order chi connectivity index (χ0) is 16.9. The standard InChI is InChI=1S/C18H21ClN4O/c19-16-3-1-2-13(8-16)9-17(20)14-4-6-23(7-5-14)18(24)15-10-21-12-22-11-15/h1-3,8,10-12,14,17H,4-7,9,20H2. The van der Waals surface area contributed by atoms with Gasteiger partial charge in [0.1, 0.15) is 6.33 Å². The minimum Gasteiger partial charge on any atom is -0.339 e. The normalized spacial score (nSPS) is 16.8. The summed E-state index contributed by atoms with van der Waals surface area (Å²) in [4.78, 5) is 22.1. The van der Waals surface area contributed by atoms with Crippen molar-refractivity contribution < 1.29 is 4.79 Å². The highest BCUT2D eigenvalue weighted by molar-refractivity contribution is 6.30. The lowest BCUT2D eigenvalue weighted by Crippen LogP contribution is -2.44. The molecule has 1 unspecified atom stereocenters. The van der Waals surface area contributed by atoms with Crippen LogP contribution in [-0.4, -0.2) is 39.9 Å². The Balaban J connectivity index is 1.54. The van der Waals surface area contributed by atoms with Gasteiger partial charge in [0, 0.05) is 36.5 Å². The molecule has 126 valence electrons. The topological polar surface area (TPSA) is 72.1 Å². The fourth-order valence-electron chi connectivity index (χ4n) is 3.23. The largest absolute Gasteiger partial charge is 0.339 e. The predicted octanol–water partition coefficient (Wildman–Crippen LogP) is 2.55. The molecule has 0 radical (unpaired) electrons. The van der Waals surface area contributed by atoms with Crippen molar-refractivity contribution >= 4 is 17.5 Å². The van der Waals surface area contributed by atoms with Gasteiger partial charge in [-0.3, -0.25) is 4.79 Å². The molecule has 1 aromatic carbocycles. The Labute approximate surface area is 146 Å². The first-order chi connectivity index (χ1) is 11.6. The van der Waals surface area contributed by atoms with Gasteiger partial charge in [0.05, 0.1) is 5.56 Å². The van der Waals surface area contributed by atoms with Gasteiger partial charge in [0.25, 0.3) is 5.91 Å². The van der Waals surface area contributed by atoms with Crippen molar-refractivity contribution in [2.45, 2.75) is 25.3 Å². The van der Waals surface area contributed by atoms with Gasteiger partial charge in [-0.15, -0.1) is 0 Å². The van der Waals surface area contributed by atoms with Gasteiger partial charge >= 0.3 is 0 Å². The fraction of sp³-hybridized carbons (Fsp3) is 0.389. The molecule has 1 amide bonds. The van der Waals surface area contributed by atoms with Crippen LogP contribution in [0.3, 0.4) is 0 Å². The summed E-state index contributed by atoms with van der Waals surface area (Å²) in [5.41, 5.74) is 8.10. The highest BCUT2D eigenvalue weighted by Crippen LogP contribution is 2.23. The first-order valence-corrected chi connectivity index (χ1v) is 8.55. The molecule has 1 aliphatic heterocycles. The van der Waals surface area contributed by atoms with Crippen LogP contribution in [0.1, 0.15) is 28.8 Å². The van der Waals surface area contributed by atoms with Crippen LogP contribution in [0, 0.1) is 5.92 Å². The number of piperidine rings is 1. The molecule has 1 aliphatic rings. The number of halogens is 1. The summed E-state index contributed by atoms with van der Waals surface area (Å²) in [6.07, 6.45) is 7.20. The Morgan fingerprint density at radius 1 is 1.29 bits per heavy atom. The molecule has 0 saturated carbocycles. The molecule has 1 saturated heterocycles. The summed E-state index contributed by atoms with van der Waals surface area (Å²) < 4.78 is 0. The summed E-state index contributed by atoms with van der Waals surface area (Å²) in [7, 11) is 0. The number of aromatic nitrogens is 2. The second-order valence-corrected chi connectivity index (χ2v) is 6.69. The lowest BCUT2D eigenvalue weighted by atomic mass is 9.86. The summed E-state index contributed by atoms with van der Waals surface area (Å²) >= 11 is 6.03. The molecule has 1 aromatic heterocycles. The van der Waals surface area contributed by atoms with Gasteiger partial charge in [-0.25, -0.2) is 9.97 Å².